The zero-order valence-corrected chi connectivity index (χ0v) is 12.7. The first kappa shape index (κ1) is 16.4. The Balaban J connectivity index is 2.23. The van der Waals surface area contributed by atoms with Crippen LogP contribution in [0, 0.1) is 5.92 Å². The number of ether oxygens (including phenoxy) is 1. The molecule has 0 spiro atoms. The average molecular weight is 271 g/mol. The monoisotopic (exact) mass is 271 g/mol. The fourth-order valence-corrected chi connectivity index (χ4v) is 2.44. The second kappa shape index (κ2) is 7.85. The van der Waals surface area contributed by atoms with Crippen molar-refractivity contribution in [2.75, 3.05) is 0 Å². The van der Waals surface area contributed by atoms with Gasteiger partial charge in [0.05, 0.1) is 24.7 Å². The summed E-state index contributed by atoms with van der Waals surface area (Å²) in [6.45, 7) is 7.96. The predicted octanol–water partition coefficient (Wildman–Crippen LogP) is 2.25. The highest BCUT2D eigenvalue weighted by Crippen LogP contribution is 2.22. The molecule has 0 radical (unpaired) electrons. The lowest BCUT2D eigenvalue weighted by molar-refractivity contribution is -0.124. The first-order valence-electron chi connectivity index (χ1n) is 7.51. The molecule has 1 aliphatic carbocycles. The highest BCUT2D eigenvalue weighted by atomic mass is 16.5. The fourth-order valence-electron chi connectivity index (χ4n) is 2.44. The Labute approximate surface area is 116 Å². The highest BCUT2D eigenvalue weighted by Gasteiger charge is 2.24. The van der Waals surface area contributed by atoms with E-state index in [1.807, 2.05) is 13.8 Å². The van der Waals surface area contributed by atoms with Crippen LogP contribution in [0.15, 0.2) is 0 Å². The summed E-state index contributed by atoms with van der Waals surface area (Å²) in [6, 6.07) is 0.249. The van der Waals surface area contributed by atoms with E-state index < -0.39 is 6.10 Å². The minimum Gasteiger partial charge on any atom is -0.392 e. The molecule has 2 N–H and O–H groups in total. The van der Waals surface area contributed by atoms with E-state index in [1.165, 1.54) is 0 Å². The molecule has 0 saturated heterocycles. The summed E-state index contributed by atoms with van der Waals surface area (Å²) in [4.78, 5) is 11.8. The molecule has 112 valence electrons. The van der Waals surface area contributed by atoms with Crippen molar-refractivity contribution in [3.05, 3.63) is 0 Å². The lowest BCUT2D eigenvalue weighted by atomic mass is 9.92. The first-order chi connectivity index (χ1) is 8.88. The van der Waals surface area contributed by atoms with Crippen molar-refractivity contribution in [3.8, 4) is 0 Å². The molecule has 1 aliphatic rings. The number of amides is 1. The number of carbonyl (C=O) groups excluding carboxylic acids is 1. The van der Waals surface area contributed by atoms with Crippen molar-refractivity contribution in [2.45, 2.75) is 84.2 Å². The minimum atomic E-state index is -0.541. The van der Waals surface area contributed by atoms with Gasteiger partial charge in [-0.1, -0.05) is 13.8 Å². The Bertz CT molecular complexity index is 271. The molecule has 0 heterocycles. The number of hydrogen-bond donors (Lipinski definition) is 2. The number of nitrogens with one attached hydrogen (secondary N) is 1. The molecule has 0 aliphatic heterocycles. The van der Waals surface area contributed by atoms with Gasteiger partial charge in [-0.3, -0.25) is 4.79 Å². The van der Waals surface area contributed by atoms with Crippen LogP contribution < -0.4 is 5.32 Å². The molecular formula is C15H29NO3. The second-order valence-corrected chi connectivity index (χ2v) is 6.24. The first-order valence-corrected chi connectivity index (χ1v) is 7.51. The summed E-state index contributed by atoms with van der Waals surface area (Å²) in [7, 11) is 0. The van der Waals surface area contributed by atoms with Gasteiger partial charge in [0.2, 0.25) is 5.91 Å². The highest BCUT2D eigenvalue weighted by molar-refractivity contribution is 5.76. The topological polar surface area (TPSA) is 58.6 Å². The largest absolute Gasteiger partial charge is 0.392 e. The van der Waals surface area contributed by atoms with Crippen molar-refractivity contribution >= 4 is 5.91 Å². The number of aliphatic hydroxyl groups excluding tert-OH is 1. The Morgan fingerprint density at radius 3 is 2.26 bits per heavy atom. The normalized spacial score (nSPS) is 25.6. The molecule has 0 bridgehead atoms. The number of carbonyl (C=O) groups is 1. The molecule has 1 saturated carbocycles. The van der Waals surface area contributed by atoms with Gasteiger partial charge in [-0.15, -0.1) is 0 Å². The molecule has 4 nitrogen and oxygen atoms in total. The van der Waals surface area contributed by atoms with Crippen molar-refractivity contribution in [3.63, 3.8) is 0 Å². The van der Waals surface area contributed by atoms with E-state index in [4.69, 9.17) is 4.74 Å². The SMILES string of the molecule is CC(C)OC1CCC(NC(=O)C[C@@H](O)C(C)C)CC1. The van der Waals surface area contributed by atoms with Crippen LogP contribution in [0.5, 0.6) is 0 Å². The lowest BCUT2D eigenvalue weighted by Crippen LogP contribution is -2.41. The summed E-state index contributed by atoms with van der Waals surface area (Å²) in [5, 5.41) is 12.7. The molecule has 0 aromatic heterocycles. The standard InChI is InChI=1S/C15H29NO3/c1-10(2)14(17)9-15(18)16-12-5-7-13(8-6-12)19-11(3)4/h10-14,17H,5-9H2,1-4H3,(H,16,18)/t12?,13?,14-/m1/s1. The maximum Gasteiger partial charge on any atom is 0.222 e. The summed E-state index contributed by atoms with van der Waals surface area (Å²) in [6.07, 6.45) is 4.25. The maximum atomic E-state index is 11.8. The molecule has 0 aromatic carbocycles. The van der Waals surface area contributed by atoms with Crippen LogP contribution in [0.2, 0.25) is 0 Å². The summed E-state index contributed by atoms with van der Waals surface area (Å²) >= 11 is 0. The molecule has 0 unspecified atom stereocenters. The van der Waals surface area contributed by atoms with Crippen LogP contribution in [0.3, 0.4) is 0 Å². The van der Waals surface area contributed by atoms with Gasteiger partial charge in [0.25, 0.3) is 0 Å². The van der Waals surface area contributed by atoms with Crippen molar-refractivity contribution in [2.24, 2.45) is 5.92 Å². The van der Waals surface area contributed by atoms with Gasteiger partial charge in [0.15, 0.2) is 0 Å². The smallest absolute Gasteiger partial charge is 0.222 e. The van der Waals surface area contributed by atoms with Crippen LogP contribution in [0.25, 0.3) is 0 Å². The van der Waals surface area contributed by atoms with Gasteiger partial charge < -0.3 is 15.2 Å². The van der Waals surface area contributed by atoms with Crippen LogP contribution in [0.1, 0.15) is 59.8 Å². The Hall–Kier alpha value is -0.610. The summed E-state index contributed by atoms with van der Waals surface area (Å²) < 4.78 is 5.79. The average Bonchev–Trinajstić information content (AvgIpc) is 2.30. The van der Waals surface area contributed by atoms with Crippen molar-refractivity contribution < 1.29 is 14.6 Å². The van der Waals surface area contributed by atoms with E-state index in [9.17, 15) is 9.90 Å². The van der Waals surface area contributed by atoms with Gasteiger partial charge in [0, 0.05) is 6.04 Å². The Morgan fingerprint density at radius 1 is 1.21 bits per heavy atom. The van der Waals surface area contributed by atoms with E-state index in [0.717, 1.165) is 25.7 Å². The van der Waals surface area contributed by atoms with Crippen molar-refractivity contribution in [1.29, 1.82) is 0 Å². The number of aliphatic hydroxyl groups is 1. The second-order valence-electron chi connectivity index (χ2n) is 6.24. The predicted molar refractivity (Wildman–Crippen MR) is 75.9 cm³/mol. The molecular weight excluding hydrogens is 242 g/mol. The van der Waals surface area contributed by atoms with Crippen LogP contribution in [0.4, 0.5) is 0 Å². The van der Waals surface area contributed by atoms with E-state index in [1.54, 1.807) is 0 Å². The van der Waals surface area contributed by atoms with Gasteiger partial charge in [-0.2, -0.15) is 0 Å². The molecule has 1 fully saturated rings. The van der Waals surface area contributed by atoms with Crippen LogP contribution >= 0.6 is 0 Å². The zero-order chi connectivity index (χ0) is 14.4. The third-order valence-corrected chi connectivity index (χ3v) is 3.67. The summed E-state index contributed by atoms with van der Waals surface area (Å²) in [5.74, 6) is 0.0929. The molecule has 1 atom stereocenters. The van der Waals surface area contributed by atoms with E-state index in [0.29, 0.717) is 6.10 Å². The van der Waals surface area contributed by atoms with Gasteiger partial charge >= 0.3 is 0 Å². The van der Waals surface area contributed by atoms with Gasteiger partial charge in [-0.25, -0.2) is 0 Å². The molecule has 1 amide bonds. The summed E-state index contributed by atoms with van der Waals surface area (Å²) in [5.41, 5.74) is 0. The van der Waals surface area contributed by atoms with E-state index in [2.05, 4.69) is 19.2 Å². The number of rotatable bonds is 6. The molecule has 1 rings (SSSR count). The van der Waals surface area contributed by atoms with Crippen LogP contribution in [-0.2, 0) is 9.53 Å². The van der Waals surface area contributed by atoms with Crippen molar-refractivity contribution in [1.82, 2.24) is 5.32 Å². The third kappa shape index (κ3) is 6.39. The van der Waals surface area contributed by atoms with Crippen LogP contribution in [-0.4, -0.2) is 35.4 Å². The number of hydrogen-bond acceptors (Lipinski definition) is 3. The van der Waals surface area contributed by atoms with Gasteiger partial charge in [-0.05, 0) is 45.4 Å². The maximum absolute atomic E-state index is 11.8. The minimum absolute atomic E-state index is 0.0329. The Morgan fingerprint density at radius 2 is 1.79 bits per heavy atom. The van der Waals surface area contributed by atoms with E-state index in [-0.39, 0.29) is 30.4 Å². The molecule has 19 heavy (non-hydrogen) atoms. The molecule has 0 aromatic rings. The zero-order valence-electron chi connectivity index (χ0n) is 12.7. The third-order valence-electron chi connectivity index (χ3n) is 3.67. The quantitative estimate of drug-likeness (QED) is 0.779. The lowest BCUT2D eigenvalue weighted by Gasteiger charge is -2.30. The van der Waals surface area contributed by atoms with E-state index >= 15 is 0 Å². The molecule has 4 heteroatoms. The fraction of sp³-hybridized carbons (Fsp3) is 0.933. The van der Waals surface area contributed by atoms with Gasteiger partial charge in [0.1, 0.15) is 0 Å². The Kier molecular flexibility index (Phi) is 6.80.